The minimum Gasteiger partial charge on any atom is -0.486 e. The third-order valence-electron chi connectivity index (χ3n) is 3.70. The molecule has 0 aliphatic carbocycles. The molecular formula is C18H22N4O2. The van der Waals surface area contributed by atoms with Crippen LogP contribution in [0.5, 0.6) is 11.5 Å². The van der Waals surface area contributed by atoms with Crippen LogP contribution in [0.15, 0.2) is 47.6 Å². The van der Waals surface area contributed by atoms with E-state index in [1.807, 2.05) is 30.3 Å². The summed E-state index contributed by atoms with van der Waals surface area (Å²) >= 11 is 0. The molecule has 1 aromatic carbocycles. The monoisotopic (exact) mass is 326 g/mol. The predicted octanol–water partition coefficient (Wildman–Crippen LogP) is 1.76. The lowest BCUT2D eigenvalue weighted by atomic mass is 10.1. The van der Waals surface area contributed by atoms with Crippen LogP contribution >= 0.6 is 0 Å². The highest BCUT2D eigenvalue weighted by atomic mass is 16.6. The number of pyridine rings is 1. The third kappa shape index (κ3) is 4.38. The average molecular weight is 326 g/mol. The molecule has 1 aliphatic rings. The summed E-state index contributed by atoms with van der Waals surface area (Å²) in [5.41, 5.74) is 2.18. The maximum atomic E-state index is 5.61. The lowest BCUT2D eigenvalue weighted by Crippen LogP contribution is -2.38. The van der Waals surface area contributed by atoms with Crippen molar-refractivity contribution in [2.75, 3.05) is 26.8 Å². The summed E-state index contributed by atoms with van der Waals surface area (Å²) in [6.07, 6.45) is 2.66. The predicted molar refractivity (Wildman–Crippen MR) is 93.6 cm³/mol. The highest BCUT2D eigenvalue weighted by molar-refractivity contribution is 5.79. The summed E-state index contributed by atoms with van der Waals surface area (Å²) in [5.74, 6) is 2.42. The van der Waals surface area contributed by atoms with Gasteiger partial charge in [-0.05, 0) is 36.2 Å². The van der Waals surface area contributed by atoms with Crippen molar-refractivity contribution in [3.63, 3.8) is 0 Å². The average Bonchev–Trinajstić information content (AvgIpc) is 2.65. The van der Waals surface area contributed by atoms with Gasteiger partial charge < -0.3 is 20.1 Å². The molecule has 6 heteroatoms. The van der Waals surface area contributed by atoms with Gasteiger partial charge in [0.1, 0.15) is 13.2 Å². The van der Waals surface area contributed by atoms with Crippen molar-refractivity contribution < 1.29 is 9.47 Å². The first-order valence-corrected chi connectivity index (χ1v) is 8.08. The van der Waals surface area contributed by atoms with Crippen molar-refractivity contribution in [1.82, 2.24) is 15.6 Å². The van der Waals surface area contributed by atoms with Crippen LogP contribution in [-0.2, 0) is 13.0 Å². The fraction of sp³-hybridized carbons (Fsp3) is 0.333. The zero-order valence-electron chi connectivity index (χ0n) is 13.8. The van der Waals surface area contributed by atoms with Crippen LogP contribution in [0.3, 0.4) is 0 Å². The number of ether oxygens (including phenoxy) is 2. The lowest BCUT2D eigenvalue weighted by Gasteiger charge is -2.19. The Morgan fingerprint density at radius 1 is 1.12 bits per heavy atom. The quantitative estimate of drug-likeness (QED) is 0.647. The first-order valence-electron chi connectivity index (χ1n) is 8.08. The number of nitrogens with zero attached hydrogens (tertiary/aromatic N) is 2. The maximum absolute atomic E-state index is 5.61. The Kier molecular flexibility index (Phi) is 5.50. The van der Waals surface area contributed by atoms with Gasteiger partial charge in [-0.2, -0.15) is 0 Å². The number of nitrogens with one attached hydrogen (secondary N) is 2. The zero-order valence-corrected chi connectivity index (χ0v) is 13.8. The van der Waals surface area contributed by atoms with Gasteiger partial charge in [0.05, 0.1) is 12.2 Å². The Hall–Kier alpha value is -2.76. The van der Waals surface area contributed by atoms with Crippen molar-refractivity contribution >= 4 is 5.96 Å². The molecule has 2 aromatic rings. The molecule has 0 atom stereocenters. The molecule has 2 N–H and O–H groups in total. The minimum absolute atomic E-state index is 0.610. The fourth-order valence-electron chi connectivity index (χ4n) is 2.47. The van der Waals surface area contributed by atoms with Gasteiger partial charge in [0, 0.05) is 19.8 Å². The summed E-state index contributed by atoms with van der Waals surface area (Å²) in [4.78, 5) is 8.51. The summed E-state index contributed by atoms with van der Waals surface area (Å²) < 4.78 is 11.1. The molecule has 0 saturated carbocycles. The van der Waals surface area contributed by atoms with E-state index in [2.05, 4.69) is 26.7 Å². The molecular weight excluding hydrogens is 304 g/mol. The van der Waals surface area contributed by atoms with E-state index >= 15 is 0 Å². The molecule has 24 heavy (non-hydrogen) atoms. The van der Waals surface area contributed by atoms with Gasteiger partial charge >= 0.3 is 0 Å². The van der Waals surface area contributed by atoms with E-state index in [0.717, 1.165) is 36.1 Å². The highest BCUT2D eigenvalue weighted by Gasteiger charge is 2.11. The van der Waals surface area contributed by atoms with E-state index < -0.39 is 0 Å². The summed E-state index contributed by atoms with van der Waals surface area (Å²) in [6.45, 7) is 2.65. The van der Waals surface area contributed by atoms with E-state index in [9.17, 15) is 0 Å². The van der Waals surface area contributed by atoms with Gasteiger partial charge in [-0.1, -0.05) is 12.1 Å². The lowest BCUT2D eigenvalue weighted by molar-refractivity contribution is 0.171. The summed E-state index contributed by atoms with van der Waals surface area (Å²) in [5, 5.41) is 6.56. The summed E-state index contributed by atoms with van der Waals surface area (Å²) in [6, 6.07) is 11.9. The van der Waals surface area contributed by atoms with Crippen molar-refractivity contribution in [1.29, 1.82) is 0 Å². The molecule has 0 saturated heterocycles. The van der Waals surface area contributed by atoms with Crippen molar-refractivity contribution in [3.05, 3.63) is 53.9 Å². The fourth-order valence-corrected chi connectivity index (χ4v) is 2.47. The minimum atomic E-state index is 0.610. The molecule has 6 nitrogen and oxygen atoms in total. The molecule has 1 aliphatic heterocycles. The highest BCUT2D eigenvalue weighted by Crippen LogP contribution is 2.30. The molecule has 0 bridgehead atoms. The number of aliphatic imine (C=N–C) groups is 1. The number of aromatic nitrogens is 1. The number of benzene rings is 1. The second-order valence-electron chi connectivity index (χ2n) is 5.40. The van der Waals surface area contributed by atoms with Crippen LogP contribution in [-0.4, -0.2) is 37.7 Å². The van der Waals surface area contributed by atoms with Crippen LogP contribution in [0.4, 0.5) is 0 Å². The normalized spacial score (nSPS) is 13.5. The second-order valence-corrected chi connectivity index (χ2v) is 5.40. The molecule has 0 unspecified atom stereocenters. The number of hydrogen-bond acceptors (Lipinski definition) is 4. The Morgan fingerprint density at radius 3 is 2.79 bits per heavy atom. The van der Waals surface area contributed by atoms with Crippen LogP contribution in [0.2, 0.25) is 0 Å². The Bertz CT molecular complexity index is 689. The second kappa shape index (κ2) is 8.19. The van der Waals surface area contributed by atoms with Gasteiger partial charge in [0.15, 0.2) is 17.5 Å². The van der Waals surface area contributed by atoms with E-state index in [-0.39, 0.29) is 0 Å². The first-order chi connectivity index (χ1) is 11.8. The first kappa shape index (κ1) is 16.1. The number of hydrogen-bond donors (Lipinski definition) is 2. The molecule has 2 heterocycles. The molecule has 1 aromatic heterocycles. The largest absolute Gasteiger partial charge is 0.486 e. The zero-order chi connectivity index (χ0) is 16.6. The van der Waals surface area contributed by atoms with Gasteiger partial charge in [-0.3, -0.25) is 9.98 Å². The van der Waals surface area contributed by atoms with Gasteiger partial charge in [0.25, 0.3) is 0 Å². The van der Waals surface area contributed by atoms with E-state index in [1.54, 1.807) is 13.2 Å². The topological polar surface area (TPSA) is 67.8 Å². The van der Waals surface area contributed by atoms with Crippen LogP contribution in [0.1, 0.15) is 11.3 Å². The van der Waals surface area contributed by atoms with Crippen molar-refractivity contribution in [3.8, 4) is 11.5 Å². The molecule has 3 rings (SSSR count). The van der Waals surface area contributed by atoms with E-state index in [1.165, 1.54) is 5.56 Å². The van der Waals surface area contributed by atoms with E-state index in [4.69, 9.17) is 9.47 Å². The molecule has 0 fully saturated rings. The Morgan fingerprint density at radius 2 is 2.00 bits per heavy atom. The molecule has 126 valence electrons. The standard InChI is InChI=1S/C18H22N4O2/c1-19-18(22-13-15-4-2-3-8-20-15)21-9-7-14-5-6-16-17(12-14)24-11-10-23-16/h2-6,8,12H,7,9-11,13H2,1H3,(H2,19,21,22). The maximum Gasteiger partial charge on any atom is 0.191 e. The molecule has 0 amide bonds. The van der Waals surface area contributed by atoms with Crippen LogP contribution in [0, 0.1) is 0 Å². The third-order valence-corrected chi connectivity index (χ3v) is 3.70. The Labute approximate surface area is 141 Å². The summed E-state index contributed by atoms with van der Waals surface area (Å²) in [7, 11) is 1.76. The van der Waals surface area contributed by atoms with Gasteiger partial charge in [-0.25, -0.2) is 0 Å². The Balaban J connectivity index is 1.46. The van der Waals surface area contributed by atoms with E-state index in [0.29, 0.717) is 19.8 Å². The number of rotatable bonds is 5. The van der Waals surface area contributed by atoms with Crippen LogP contribution < -0.4 is 20.1 Å². The van der Waals surface area contributed by atoms with Crippen molar-refractivity contribution in [2.24, 2.45) is 4.99 Å². The molecule has 0 radical (unpaired) electrons. The number of fused-ring (bicyclic) bond motifs is 1. The van der Waals surface area contributed by atoms with Crippen LogP contribution in [0.25, 0.3) is 0 Å². The molecule has 0 spiro atoms. The van der Waals surface area contributed by atoms with Crippen molar-refractivity contribution in [2.45, 2.75) is 13.0 Å². The smallest absolute Gasteiger partial charge is 0.191 e. The number of guanidine groups is 1. The SMILES string of the molecule is CN=C(NCCc1ccc2c(c1)OCCO2)NCc1ccccn1. The van der Waals surface area contributed by atoms with Gasteiger partial charge in [-0.15, -0.1) is 0 Å². The van der Waals surface area contributed by atoms with Gasteiger partial charge in [0.2, 0.25) is 0 Å².